The van der Waals surface area contributed by atoms with E-state index in [0.717, 1.165) is 76.8 Å². The minimum absolute atomic E-state index is 0. The number of urea groups is 1. The van der Waals surface area contributed by atoms with E-state index in [9.17, 15) is 13.2 Å². The maximum Gasteiger partial charge on any atom is 0.332 e. The Labute approximate surface area is 227 Å². The number of nitrogens with one attached hydrogen (secondary N) is 2. The van der Waals surface area contributed by atoms with Crippen LogP contribution in [0.2, 0.25) is 0 Å². The summed E-state index contributed by atoms with van der Waals surface area (Å²) in [5, 5.41) is 2.40. The topological polar surface area (TPSA) is 87.7 Å². The molecule has 0 saturated carbocycles. The monoisotopic (exact) mass is 472 g/mol. The number of sulfonamides is 1. The van der Waals surface area contributed by atoms with Crippen molar-refractivity contribution in [1.82, 2.24) is 9.62 Å². The summed E-state index contributed by atoms with van der Waals surface area (Å²) in [5.74, 6) is 0.596. The van der Waals surface area contributed by atoms with Crippen LogP contribution in [0.15, 0.2) is 6.07 Å². The molecule has 2 amide bonds. The van der Waals surface area contributed by atoms with Gasteiger partial charge in [-0.15, -0.1) is 0 Å². The van der Waals surface area contributed by atoms with Crippen LogP contribution in [-0.2, 0) is 40.4 Å². The Bertz CT molecular complexity index is 908. The minimum Gasteiger partial charge on any atom is -0.381 e. The van der Waals surface area contributed by atoms with Crippen molar-refractivity contribution in [1.29, 1.82) is 0 Å². The first kappa shape index (κ1) is 24.1. The average Bonchev–Trinajstić information content (AvgIpc) is 3.40. The molecule has 0 bridgehead atoms. The van der Waals surface area contributed by atoms with Gasteiger partial charge in [-0.2, -0.15) is 0 Å². The van der Waals surface area contributed by atoms with Gasteiger partial charge in [-0.3, -0.25) is 0 Å². The third-order valence-electron chi connectivity index (χ3n) is 7.19. The average molecular weight is 473 g/mol. The van der Waals surface area contributed by atoms with Gasteiger partial charge in [0.1, 0.15) is 5.25 Å². The van der Waals surface area contributed by atoms with Gasteiger partial charge in [-0.25, -0.2) is 17.9 Å². The van der Waals surface area contributed by atoms with Gasteiger partial charge < -0.3 is 15.0 Å². The number of hydrogen-bond donors (Lipinski definition) is 2. The molecule has 165 valence electrons. The molecule has 0 spiro atoms. The van der Waals surface area contributed by atoms with Crippen molar-refractivity contribution in [3.05, 3.63) is 28.3 Å². The molecule has 1 radical (unpaired) electrons. The van der Waals surface area contributed by atoms with E-state index < -0.39 is 21.3 Å². The molecule has 7 nitrogen and oxygen atoms in total. The van der Waals surface area contributed by atoms with E-state index in [-0.39, 0.29) is 51.4 Å². The molecule has 1 unspecified atom stereocenters. The normalized spacial score (nSPS) is 23.0. The first-order valence-electron chi connectivity index (χ1n) is 11.3. The number of fused-ring (bicyclic) bond motifs is 2. The van der Waals surface area contributed by atoms with Crippen LogP contribution >= 0.6 is 0 Å². The van der Waals surface area contributed by atoms with Crippen LogP contribution in [0.3, 0.4) is 0 Å². The van der Waals surface area contributed by atoms with E-state index in [1.165, 1.54) is 22.3 Å². The number of rotatable bonds is 6. The van der Waals surface area contributed by atoms with Crippen LogP contribution in [0.4, 0.5) is 10.5 Å². The van der Waals surface area contributed by atoms with Gasteiger partial charge in [0.05, 0.1) is 0 Å². The van der Waals surface area contributed by atoms with Crippen LogP contribution in [0.1, 0.15) is 47.9 Å². The number of hydrogen-bond acceptors (Lipinski definition) is 5. The molecule has 2 N–H and O–H groups in total. The molecule has 1 aromatic rings. The van der Waals surface area contributed by atoms with Gasteiger partial charge in [-0.05, 0) is 86.1 Å². The summed E-state index contributed by atoms with van der Waals surface area (Å²) >= 11 is 0. The van der Waals surface area contributed by atoms with Gasteiger partial charge in [0.25, 0.3) is 0 Å². The van der Waals surface area contributed by atoms with Crippen LogP contribution in [0.25, 0.3) is 0 Å². The van der Waals surface area contributed by atoms with Crippen molar-refractivity contribution in [2.45, 2.75) is 56.6 Å². The number of ether oxygens (including phenoxy) is 1. The van der Waals surface area contributed by atoms with Crippen molar-refractivity contribution in [2.75, 3.05) is 38.2 Å². The smallest absolute Gasteiger partial charge is 0.332 e. The molecule has 2 heterocycles. The molecule has 2 aliphatic carbocycles. The van der Waals surface area contributed by atoms with Crippen LogP contribution in [-0.4, -0.2) is 109 Å². The Morgan fingerprint density at radius 2 is 1.77 bits per heavy atom. The zero-order valence-corrected chi connectivity index (χ0v) is 22.4. The first-order chi connectivity index (χ1) is 14.5. The Morgan fingerprint density at radius 3 is 2.39 bits per heavy atom. The minimum atomic E-state index is -3.67. The van der Waals surface area contributed by atoms with Crippen molar-refractivity contribution in [3.8, 4) is 0 Å². The fraction of sp³-hybridized carbons (Fsp3) is 0.682. The van der Waals surface area contributed by atoms with E-state index in [2.05, 4.69) is 21.0 Å². The summed E-state index contributed by atoms with van der Waals surface area (Å²) in [6.07, 6.45) is 8.33. The predicted molar refractivity (Wildman–Crippen MR) is 121 cm³/mol. The van der Waals surface area contributed by atoms with Crippen molar-refractivity contribution >= 4 is 73.1 Å². The first-order valence-corrected chi connectivity index (χ1v) is 12.8. The second-order valence-electron chi connectivity index (χ2n) is 9.24. The summed E-state index contributed by atoms with van der Waals surface area (Å²) < 4.78 is 33.0. The molecule has 5 rings (SSSR count). The van der Waals surface area contributed by atoms with Crippen molar-refractivity contribution < 1.29 is 17.9 Å². The molecular weight excluding hydrogens is 441 g/mol. The molecule has 1 aromatic carbocycles. The Hall–Kier alpha value is -0.00364. The van der Waals surface area contributed by atoms with Crippen molar-refractivity contribution in [2.24, 2.45) is 5.92 Å². The maximum absolute atomic E-state index is 12.7. The molecule has 2 aliphatic heterocycles. The Kier molecular flexibility index (Phi) is 7.85. The van der Waals surface area contributed by atoms with E-state index >= 15 is 0 Å². The van der Waals surface area contributed by atoms with Gasteiger partial charge in [-0.1, -0.05) is 6.07 Å². The summed E-state index contributed by atoms with van der Waals surface area (Å²) in [6, 6.07) is 1.68. The number of aryl methyl sites for hydroxylation is 2. The molecule has 9 heteroatoms. The number of nitrogens with zero attached hydrogens (tertiary/aromatic N) is 1. The molecule has 1 atom stereocenters. The Balaban J connectivity index is 0.00000231. The molecule has 4 aliphatic rings. The summed E-state index contributed by atoms with van der Waals surface area (Å²) in [7, 11) is -3.67. The predicted octanol–water partition coefficient (Wildman–Crippen LogP) is 1.85. The number of carbonyl (C=O) groups excluding carboxylic acids is 1. The second-order valence-corrected chi connectivity index (χ2v) is 11.2. The van der Waals surface area contributed by atoms with Crippen LogP contribution < -0.4 is 10.0 Å². The van der Waals surface area contributed by atoms with Crippen LogP contribution in [0, 0.1) is 5.92 Å². The largest absolute Gasteiger partial charge is 0.381 e. The maximum atomic E-state index is 12.7. The summed E-state index contributed by atoms with van der Waals surface area (Å²) in [5.41, 5.74) is 5.91. The third-order valence-corrected chi connectivity index (χ3v) is 8.83. The van der Waals surface area contributed by atoms with E-state index in [1.54, 1.807) is 0 Å². The van der Waals surface area contributed by atoms with E-state index in [0.29, 0.717) is 19.0 Å². The molecule has 2 fully saturated rings. The number of carbonyl (C=O) groups is 1. The summed E-state index contributed by atoms with van der Waals surface area (Å²) in [4.78, 5) is 14.8. The Morgan fingerprint density at radius 1 is 1.10 bits per heavy atom. The van der Waals surface area contributed by atoms with Gasteiger partial charge in [0.15, 0.2) is 0 Å². The van der Waals surface area contributed by atoms with E-state index in [4.69, 9.17) is 4.74 Å². The fourth-order valence-electron chi connectivity index (χ4n) is 5.40. The van der Waals surface area contributed by atoms with E-state index in [1.807, 2.05) is 0 Å². The SMILES string of the molecule is O=C(Nc1c2c(cc3c1CCC3)CCC2)NS(=O)(=O)C1CN(CCC2CCOC2)C1.[K]. The molecule has 2 saturated heterocycles. The number of amides is 2. The van der Waals surface area contributed by atoms with Gasteiger partial charge in [0.2, 0.25) is 10.0 Å². The summed E-state index contributed by atoms with van der Waals surface area (Å²) in [6.45, 7) is 3.55. The second kappa shape index (κ2) is 10.1. The van der Waals surface area contributed by atoms with Gasteiger partial charge >= 0.3 is 6.03 Å². The zero-order chi connectivity index (χ0) is 20.7. The van der Waals surface area contributed by atoms with Crippen molar-refractivity contribution in [3.63, 3.8) is 0 Å². The molecular formula is C22H31KN3O4S. The quantitative estimate of drug-likeness (QED) is 0.617. The third kappa shape index (κ3) is 5.24. The molecule has 31 heavy (non-hydrogen) atoms. The van der Waals surface area contributed by atoms with Crippen LogP contribution in [0.5, 0.6) is 0 Å². The standard InChI is InChI=1S/C22H31N3O4S.K/c26-22(23-21-19-5-1-3-16(19)11-17-4-2-6-20(17)21)24-30(27,28)18-12-25(13-18)9-7-15-8-10-29-14-15;/h11,15,18H,1-10,12-14H2,(H2,23,24,26);. The number of anilines is 1. The van der Waals surface area contributed by atoms with Gasteiger partial charge in [0, 0.05) is 83.4 Å². The number of benzene rings is 1. The molecule has 0 aromatic heterocycles. The zero-order valence-electron chi connectivity index (χ0n) is 18.4. The fourth-order valence-corrected chi connectivity index (χ4v) is 6.69. The number of likely N-dealkylation sites (tertiary alicyclic amines) is 1.